The zero-order chi connectivity index (χ0) is 7.11. The summed E-state index contributed by atoms with van der Waals surface area (Å²) in [4.78, 5) is 0. The summed E-state index contributed by atoms with van der Waals surface area (Å²) in [5, 5.41) is 19.9. The molecule has 0 heterocycles. The van der Waals surface area contributed by atoms with E-state index in [1.807, 2.05) is 0 Å². The smallest absolute Gasteiger partial charge is 0.107 e. The van der Waals surface area contributed by atoms with Crippen molar-refractivity contribution in [1.82, 2.24) is 5.32 Å². The van der Waals surface area contributed by atoms with E-state index in [0.29, 0.717) is 19.5 Å². The minimum absolute atomic E-state index is 0.00125. The second kappa shape index (κ2) is 5.97. The molecule has 0 bridgehead atoms. The van der Waals surface area contributed by atoms with Crippen molar-refractivity contribution in [1.29, 1.82) is 0 Å². The predicted molar refractivity (Wildman–Crippen MR) is 34.8 cm³/mol. The van der Waals surface area contributed by atoms with Gasteiger partial charge in [-0.1, -0.05) is 0 Å². The van der Waals surface area contributed by atoms with Crippen LogP contribution >= 0.6 is 0 Å². The van der Waals surface area contributed by atoms with Crippen molar-refractivity contribution in [3.05, 3.63) is 0 Å². The van der Waals surface area contributed by atoms with Gasteiger partial charge in [0.25, 0.3) is 0 Å². The lowest BCUT2D eigenvalue weighted by Crippen LogP contribution is -2.33. The molecule has 4 nitrogen and oxygen atoms in total. The number of rotatable bonds is 5. The molecule has 0 aliphatic carbocycles. The summed E-state index contributed by atoms with van der Waals surface area (Å²) >= 11 is 0. The molecule has 1 unspecified atom stereocenters. The third-order valence-electron chi connectivity index (χ3n) is 0.927. The van der Waals surface area contributed by atoms with Crippen LogP contribution in [-0.2, 0) is 0 Å². The number of hydrogen-bond acceptors (Lipinski definition) is 4. The third kappa shape index (κ3) is 5.72. The monoisotopic (exact) mass is 134 g/mol. The second-order valence-electron chi connectivity index (χ2n) is 1.77. The van der Waals surface area contributed by atoms with E-state index >= 15 is 0 Å². The van der Waals surface area contributed by atoms with E-state index in [1.165, 1.54) is 0 Å². The van der Waals surface area contributed by atoms with Crippen LogP contribution in [-0.4, -0.2) is 36.1 Å². The lowest BCUT2D eigenvalue weighted by molar-refractivity contribution is 0.104. The van der Waals surface area contributed by atoms with Crippen molar-refractivity contribution < 1.29 is 10.2 Å². The quantitative estimate of drug-likeness (QED) is 0.336. The average molecular weight is 134 g/mol. The highest BCUT2D eigenvalue weighted by molar-refractivity contribution is 4.51. The molecule has 56 valence electrons. The predicted octanol–water partition coefficient (Wildman–Crippen LogP) is -1.76. The van der Waals surface area contributed by atoms with Gasteiger partial charge < -0.3 is 15.9 Å². The first-order chi connectivity index (χ1) is 4.31. The Hall–Kier alpha value is -0.160. The van der Waals surface area contributed by atoms with Gasteiger partial charge >= 0.3 is 0 Å². The van der Waals surface area contributed by atoms with Gasteiger partial charge in [0.2, 0.25) is 0 Å². The Kier molecular flexibility index (Phi) is 5.86. The lowest BCUT2D eigenvalue weighted by Gasteiger charge is -2.08. The maximum atomic E-state index is 8.85. The first kappa shape index (κ1) is 8.84. The number of aliphatic hydroxyl groups is 2. The van der Waals surface area contributed by atoms with E-state index in [4.69, 9.17) is 15.9 Å². The van der Waals surface area contributed by atoms with Gasteiger partial charge in [0.1, 0.15) is 6.23 Å². The van der Waals surface area contributed by atoms with Crippen LogP contribution in [0.15, 0.2) is 0 Å². The van der Waals surface area contributed by atoms with Crippen molar-refractivity contribution in [3.8, 4) is 0 Å². The molecule has 0 saturated heterocycles. The summed E-state index contributed by atoms with van der Waals surface area (Å²) in [5.41, 5.74) is 5.14. The molecule has 0 aromatic rings. The van der Waals surface area contributed by atoms with Crippen LogP contribution in [0.1, 0.15) is 6.42 Å². The van der Waals surface area contributed by atoms with Crippen molar-refractivity contribution in [2.24, 2.45) is 5.73 Å². The molecular formula is C5H14N2O2. The van der Waals surface area contributed by atoms with E-state index < -0.39 is 6.23 Å². The highest BCUT2D eigenvalue weighted by atomic mass is 16.3. The normalized spacial score (nSPS) is 13.7. The lowest BCUT2D eigenvalue weighted by atomic mass is 10.4. The molecule has 5 N–H and O–H groups in total. The average Bonchev–Trinajstić information content (AvgIpc) is 1.85. The molecule has 0 aliphatic heterocycles. The number of nitrogens with one attached hydrogen (secondary N) is 1. The van der Waals surface area contributed by atoms with Gasteiger partial charge in [0.05, 0.1) is 0 Å². The van der Waals surface area contributed by atoms with Crippen molar-refractivity contribution in [2.45, 2.75) is 12.6 Å². The zero-order valence-corrected chi connectivity index (χ0v) is 5.38. The van der Waals surface area contributed by atoms with Crippen LogP contribution in [0.25, 0.3) is 0 Å². The summed E-state index contributed by atoms with van der Waals surface area (Å²) in [6.07, 6.45) is -0.251. The molecular weight excluding hydrogens is 120 g/mol. The molecule has 9 heavy (non-hydrogen) atoms. The number of aliphatic hydroxyl groups excluding tert-OH is 2. The van der Waals surface area contributed by atoms with Gasteiger partial charge in [0, 0.05) is 26.1 Å². The fraction of sp³-hybridized carbons (Fsp3) is 1.00. The second-order valence-corrected chi connectivity index (χ2v) is 1.77. The van der Waals surface area contributed by atoms with Gasteiger partial charge in [-0.25, -0.2) is 0 Å². The minimum atomic E-state index is -0.612. The SMILES string of the molecule is NCCNC(O)CCO. The summed E-state index contributed by atoms with van der Waals surface area (Å²) in [6, 6.07) is 0. The van der Waals surface area contributed by atoms with E-state index in [1.54, 1.807) is 0 Å². The van der Waals surface area contributed by atoms with Crippen LogP contribution in [0.4, 0.5) is 0 Å². The van der Waals surface area contributed by atoms with Gasteiger partial charge in [0.15, 0.2) is 0 Å². The third-order valence-corrected chi connectivity index (χ3v) is 0.927. The maximum Gasteiger partial charge on any atom is 0.107 e. The van der Waals surface area contributed by atoms with Gasteiger partial charge in [-0.05, 0) is 0 Å². The Balaban J connectivity index is 2.95. The first-order valence-electron chi connectivity index (χ1n) is 3.03. The number of hydrogen-bond donors (Lipinski definition) is 4. The summed E-state index contributed by atoms with van der Waals surface area (Å²) < 4.78 is 0. The molecule has 0 aliphatic rings. The van der Waals surface area contributed by atoms with Crippen molar-refractivity contribution in [2.75, 3.05) is 19.7 Å². The fourth-order valence-corrected chi connectivity index (χ4v) is 0.474. The Bertz CT molecular complexity index is 60.9. The van der Waals surface area contributed by atoms with Crippen LogP contribution in [0.3, 0.4) is 0 Å². The molecule has 0 rings (SSSR count). The van der Waals surface area contributed by atoms with Crippen molar-refractivity contribution in [3.63, 3.8) is 0 Å². The van der Waals surface area contributed by atoms with Gasteiger partial charge in [-0.3, -0.25) is 5.32 Å². The molecule has 1 atom stereocenters. The van der Waals surface area contributed by atoms with Crippen LogP contribution < -0.4 is 11.1 Å². The van der Waals surface area contributed by atoms with E-state index in [-0.39, 0.29) is 6.61 Å². The Morgan fingerprint density at radius 1 is 1.56 bits per heavy atom. The highest BCUT2D eigenvalue weighted by Gasteiger charge is 1.98. The molecule has 4 heteroatoms. The summed E-state index contributed by atoms with van der Waals surface area (Å²) in [7, 11) is 0. The summed E-state index contributed by atoms with van der Waals surface area (Å²) in [5.74, 6) is 0. The first-order valence-corrected chi connectivity index (χ1v) is 3.03. The van der Waals surface area contributed by atoms with Crippen LogP contribution in [0.5, 0.6) is 0 Å². The molecule has 0 saturated carbocycles. The van der Waals surface area contributed by atoms with E-state index in [0.717, 1.165) is 0 Å². The Labute approximate surface area is 54.7 Å². The summed E-state index contributed by atoms with van der Waals surface area (Å²) in [6.45, 7) is 1.09. The Morgan fingerprint density at radius 2 is 2.22 bits per heavy atom. The van der Waals surface area contributed by atoms with Crippen molar-refractivity contribution >= 4 is 0 Å². The van der Waals surface area contributed by atoms with E-state index in [9.17, 15) is 0 Å². The molecule has 0 aromatic carbocycles. The zero-order valence-electron chi connectivity index (χ0n) is 5.38. The topological polar surface area (TPSA) is 78.5 Å². The van der Waals surface area contributed by atoms with Crippen LogP contribution in [0.2, 0.25) is 0 Å². The molecule has 0 aromatic heterocycles. The fourth-order valence-electron chi connectivity index (χ4n) is 0.474. The Morgan fingerprint density at radius 3 is 2.67 bits per heavy atom. The van der Waals surface area contributed by atoms with E-state index in [2.05, 4.69) is 5.32 Å². The largest absolute Gasteiger partial charge is 0.396 e. The highest BCUT2D eigenvalue weighted by Crippen LogP contribution is 1.81. The molecule has 0 spiro atoms. The minimum Gasteiger partial charge on any atom is -0.396 e. The molecule has 0 radical (unpaired) electrons. The molecule has 0 fully saturated rings. The van der Waals surface area contributed by atoms with Crippen LogP contribution in [0, 0.1) is 0 Å². The van der Waals surface area contributed by atoms with Gasteiger partial charge in [-0.2, -0.15) is 0 Å². The van der Waals surface area contributed by atoms with Gasteiger partial charge in [-0.15, -0.1) is 0 Å². The maximum absolute atomic E-state index is 8.85. The standard InChI is InChI=1S/C5H14N2O2/c6-2-3-7-5(9)1-4-8/h5,7-9H,1-4,6H2. The number of nitrogens with two attached hydrogens (primary N) is 1. The molecule has 0 amide bonds.